The molecule has 0 aliphatic heterocycles. The van der Waals surface area contributed by atoms with Gasteiger partial charge in [-0.2, -0.15) is 0 Å². The standard InChI is InChI=1S/C11H14FN5/c1-2-3-6-17-11(14-15-16-17)9-7-8(13)4-5-10(9)12/h4-5,7H,2-3,6,13H2,1H3. The van der Waals surface area contributed by atoms with Gasteiger partial charge in [-0.3, -0.25) is 0 Å². The largest absolute Gasteiger partial charge is 0.399 e. The molecular formula is C11H14FN5. The highest BCUT2D eigenvalue weighted by atomic mass is 19.1. The van der Waals surface area contributed by atoms with Crippen LogP contribution in [0.4, 0.5) is 10.1 Å². The van der Waals surface area contributed by atoms with Gasteiger partial charge < -0.3 is 5.73 Å². The highest BCUT2D eigenvalue weighted by molar-refractivity contribution is 5.61. The number of hydrogen-bond donors (Lipinski definition) is 1. The molecule has 5 nitrogen and oxygen atoms in total. The molecule has 0 aliphatic carbocycles. The molecule has 0 radical (unpaired) electrons. The number of rotatable bonds is 4. The Morgan fingerprint density at radius 3 is 3.00 bits per heavy atom. The summed E-state index contributed by atoms with van der Waals surface area (Å²) in [5.41, 5.74) is 6.47. The second-order valence-corrected chi connectivity index (χ2v) is 3.82. The molecule has 0 atom stereocenters. The van der Waals surface area contributed by atoms with E-state index in [9.17, 15) is 4.39 Å². The first-order valence-corrected chi connectivity index (χ1v) is 5.54. The third-order valence-electron chi connectivity index (χ3n) is 2.49. The molecule has 2 N–H and O–H groups in total. The third-order valence-corrected chi connectivity index (χ3v) is 2.49. The molecule has 17 heavy (non-hydrogen) atoms. The maximum atomic E-state index is 13.7. The van der Waals surface area contributed by atoms with Crippen LogP contribution >= 0.6 is 0 Å². The zero-order valence-electron chi connectivity index (χ0n) is 9.60. The van der Waals surface area contributed by atoms with Crippen LogP contribution in [0.1, 0.15) is 19.8 Å². The number of benzene rings is 1. The lowest BCUT2D eigenvalue weighted by molar-refractivity contribution is 0.554. The van der Waals surface area contributed by atoms with Gasteiger partial charge in [0.15, 0.2) is 5.82 Å². The minimum atomic E-state index is -0.369. The summed E-state index contributed by atoms with van der Waals surface area (Å²) in [6.45, 7) is 2.75. The summed E-state index contributed by atoms with van der Waals surface area (Å²) >= 11 is 0. The highest BCUT2D eigenvalue weighted by Crippen LogP contribution is 2.22. The molecule has 1 heterocycles. The Hall–Kier alpha value is -1.98. The molecule has 2 rings (SSSR count). The molecule has 6 heteroatoms. The van der Waals surface area contributed by atoms with Gasteiger partial charge in [-0.25, -0.2) is 9.07 Å². The monoisotopic (exact) mass is 235 g/mol. The van der Waals surface area contributed by atoms with Gasteiger partial charge in [0.25, 0.3) is 0 Å². The second-order valence-electron chi connectivity index (χ2n) is 3.82. The summed E-state index contributed by atoms with van der Waals surface area (Å²) < 4.78 is 15.3. The Morgan fingerprint density at radius 1 is 1.41 bits per heavy atom. The summed E-state index contributed by atoms with van der Waals surface area (Å²) in [5, 5.41) is 11.3. The second kappa shape index (κ2) is 4.90. The summed E-state index contributed by atoms with van der Waals surface area (Å²) in [7, 11) is 0. The fourth-order valence-corrected chi connectivity index (χ4v) is 1.57. The van der Waals surface area contributed by atoms with Crippen LogP contribution in [0.5, 0.6) is 0 Å². The smallest absolute Gasteiger partial charge is 0.185 e. The van der Waals surface area contributed by atoms with E-state index in [1.54, 1.807) is 10.7 Å². The summed E-state index contributed by atoms with van der Waals surface area (Å²) in [4.78, 5) is 0. The Labute approximate surface area is 98.4 Å². The van der Waals surface area contributed by atoms with Gasteiger partial charge in [-0.1, -0.05) is 13.3 Å². The number of unbranched alkanes of at least 4 members (excludes halogenated alkanes) is 1. The molecule has 0 unspecified atom stereocenters. The summed E-state index contributed by atoms with van der Waals surface area (Å²) in [6, 6.07) is 4.38. The van der Waals surface area contributed by atoms with E-state index in [-0.39, 0.29) is 5.82 Å². The van der Waals surface area contributed by atoms with Crippen LogP contribution in [0, 0.1) is 5.82 Å². The Morgan fingerprint density at radius 2 is 2.24 bits per heavy atom. The number of hydrogen-bond acceptors (Lipinski definition) is 4. The van der Waals surface area contributed by atoms with Gasteiger partial charge >= 0.3 is 0 Å². The normalized spacial score (nSPS) is 10.7. The average Bonchev–Trinajstić information content (AvgIpc) is 2.77. The van der Waals surface area contributed by atoms with Crippen molar-refractivity contribution in [3.63, 3.8) is 0 Å². The van der Waals surface area contributed by atoms with E-state index in [1.165, 1.54) is 12.1 Å². The number of aromatic nitrogens is 4. The van der Waals surface area contributed by atoms with Crippen LogP contribution in [-0.4, -0.2) is 20.2 Å². The molecule has 90 valence electrons. The van der Waals surface area contributed by atoms with Crippen molar-refractivity contribution in [3.05, 3.63) is 24.0 Å². The molecule has 0 fully saturated rings. The van der Waals surface area contributed by atoms with Crippen LogP contribution in [0.2, 0.25) is 0 Å². The molecule has 0 bridgehead atoms. The van der Waals surface area contributed by atoms with Crippen molar-refractivity contribution in [2.45, 2.75) is 26.3 Å². The SMILES string of the molecule is CCCCn1nnnc1-c1cc(N)ccc1F. The van der Waals surface area contributed by atoms with E-state index in [0.29, 0.717) is 23.6 Å². The maximum Gasteiger partial charge on any atom is 0.185 e. The molecule has 0 spiro atoms. The van der Waals surface area contributed by atoms with Crippen molar-refractivity contribution in [2.24, 2.45) is 0 Å². The van der Waals surface area contributed by atoms with E-state index < -0.39 is 0 Å². The zero-order chi connectivity index (χ0) is 12.3. The summed E-state index contributed by atoms with van der Waals surface area (Å²) in [5.74, 6) is 0.0509. The number of tetrazole rings is 1. The first-order valence-electron chi connectivity index (χ1n) is 5.54. The first kappa shape index (κ1) is 11.5. The molecule has 0 aliphatic rings. The average molecular weight is 235 g/mol. The summed E-state index contributed by atoms with van der Waals surface area (Å²) in [6.07, 6.45) is 1.97. The van der Waals surface area contributed by atoms with E-state index in [4.69, 9.17) is 5.73 Å². The lowest BCUT2D eigenvalue weighted by Crippen LogP contribution is -2.04. The van der Waals surface area contributed by atoms with E-state index in [2.05, 4.69) is 22.4 Å². The molecule has 2 aromatic rings. The van der Waals surface area contributed by atoms with E-state index in [1.807, 2.05) is 0 Å². The molecular weight excluding hydrogens is 221 g/mol. The maximum absolute atomic E-state index is 13.7. The molecule has 1 aromatic carbocycles. The Bertz CT molecular complexity index is 508. The highest BCUT2D eigenvalue weighted by Gasteiger charge is 2.13. The van der Waals surface area contributed by atoms with Crippen molar-refractivity contribution < 1.29 is 4.39 Å². The zero-order valence-corrected chi connectivity index (χ0v) is 9.60. The lowest BCUT2D eigenvalue weighted by atomic mass is 10.1. The van der Waals surface area contributed by atoms with Crippen LogP contribution in [0.25, 0.3) is 11.4 Å². The van der Waals surface area contributed by atoms with Crippen LogP contribution < -0.4 is 5.73 Å². The number of aryl methyl sites for hydroxylation is 1. The number of nitrogen functional groups attached to an aromatic ring is 1. The number of anilines is 1. The Kier molecular flexibility index (Phi) is 3.32. The lowest BCUT2D eigenvalue weighted by Gasteiger charge is -2.05. The predicted molar refractivity (Wildman–Crippen MR) is 62.5 cm³/mol. The van der Waals surface area contributed by atoms with E-state index >= 15 is 0 Å². The molecule has 0 saturated carbocycles. The number of nitrogens with two attached hydrogens (primary N) is 1. The van der Waals surface area contributed by atoms with E-state index in [0.717, 1.165) is 12.8 Å². The van der Waals surface area contributed by atoms with Gasteiger partial charge in [-0.05, 0) is 35.0 Å². The molecule has 0 saturated heterocycles. The van der Waals surface area contributed by atoms with Crippen LogP contribution in [0.15, 0.2) is 18.2 Å². The topological polar surface area (TPSA) is 69.6 Å². The van der Waals surface area contributed by atoms with Crippen molar-refractivity contribution in [1.82, 2.24) is 20.2 Å². The molecule has 0 amide bonds. The fraction of sp³-hybridized carbons (Fsp3) is 0.364. The first-order chi connectivity index (χ1) is 8.22. The minimum Gasteiger partial charge on any atom is -0.399 e. The van der Waals surface area contributed by atoms with Crippen molar-refractivity contribution in [1.29, 1.82) is 0 Å². The van der Waals surface area contributed by atoms with Gasteiger partial charge in [0.05, 0.1) is 5.56 Å². The van der Waals surface area contributed by atoms with Crippen molar-refractivity contribution in [3.8, 4) is 11.4 Å². The molecule has 1 aromatic heterocycles. The van der Waals surface area contributed by atoms with Gasteiger partial charge in [0.2, 0.25) is 0 Å². The number of halogens is 1. The number of nitrogens with zero attached hydrogens (tertiary/aromatic N) is 4. The minimum absolute atomic E-state index is 0.339. The van der Waals surface area contributed by atoms with Gasteiger partial charge in [0, 0.05) is 12.2 Å². The van der Waals surface area contributed by atoms with Crippen LogP contribution in [-0.2, 0) is 6.54 Å². The van der Waals surface area contributed by atoms with Crippen molar-refractivity contribution in [2.75, 3.05) is 5.73 Å². The predicted octanol–water partition coefficient (Wildman–Crippen LogP) is 1.86. The Balaban J connectivity index is 2.38. The fourth-order valence-electron chi connectivity index (χ4n) is 1.57. The third kappa shape index (κ3) is 2.41. The van der Waals surface area contributed by atoms with Crippen LogP contribution in [0.3, 0.4) is 0 Å². The van der Waals surface area contributed by atoms with Gasteiger partial charge in [-0.15, -0.1) is 5.10 Å². The van der Waals surface area contributed by atoms with Crippen molar-refractivity contribution >= 4 is 5.69 Å². The quantitative estimate of drug-likeness (QED) is 0.821. The van der Waals surface area contributed by atoms with Gasteiger partial charge in [0.1, 0.15) is 5.82 Å².